The number of carbonyl (C=O) groups is 2. The lowest BCUT2D eigenvalue weighted by molar-refractivity contribution is -0.118. The number of hydrogen-bond acceptors (Lipinski definition) is 6. The number of rotatable bonds is 7. The van der Waals surface area contributed by atoms with Crippen molar-refractivity contribution >= 4 is 57.6 Å². The van der Waals surface area contributed by atoms with Crippen molar-refractivity contribution < 1.29 is 19.1 Å². The van der Waals surface area contributed by atoms with Crippen LogP contribution in [0.25, 0.3) is 6.08 Å². The molecule has 1 aliphatic heterocycles. The molecular formula is C29H28N2O4S2. The Kier molecular flexibility index (Phi) is 8.00. The lowest BCUT2D eigenvalue weighted by atomic mass is 10.1. The van der Waals surface area contributed by atoms with Gasteiger partial charge in [0.25, 0.3) is 11.8 Å². The molecule has 0 unspecified atom stereocenters. The van der Waals surface area contributed by atoms with Crippen molar-refractivity contribution in [2.45, 2.75) is 27.7 Å². The predicted octanol–water partition coefficient (Wildman–Crippen LogP) is 6.35. The van der Waals surface area contributed by atoms with E-state index >= 15 is 0 Å². The maximum absolute atomic E-state index is 13.2. The van der Waals surface area contributed by atoms with Gasteiger partial charge in [-0.3, -0.25) is 14.5 Å². The molecular weight excluding hydrogens is 504 g/mol. The molecule has 3 aromatic rings. The minimum Gasteiger partial charge on any atom is -0.493 e. The van der Waals surface area contributed by atoms with Crippen LogP contribution >= 0.6 is 24.0 Å². The maximum atomic E-state index is 13.2. The van der Waals surface area contributed by atoms with E-state index in [1.165, 1.54) is 18.9 Å². The number of benzene rings is 3. The van der Waals surface area contributed by atoms with Crippen molar-refractivity contribution in [2.24, 2.45) is 0 Å². The summed E-state index contributed by atoms with van der Waals surface area (Å²) in [4.78, 5) is 27.7. The summed E-state index contributed by atoms with van der Waals surface area (Å²) in [6, 6.07) is 17.0. The lowest BCUT2D eigenvalue weighted by Crippen LogP contribution is -2.27. The van der Waals surface area contributed by atoms with Crippen LogP contribution in [-0.4, -0.2) is 29.9 Å². The highest BCUT2D eigenvalue weighted by atomic mass is 32.2. The highest BCUT2D eigenvalue weighted by Gasteiger charge is 2.33. The Morgan fingerprint density at radius 3 is 2.46 bits per heavy atom. The molecule has 3 aromatic carbocycles. The summed E-state index contributed by atoms with van der Waals surface area (Å²) >= 11 is 6.76. The highest BCUT2D eigenvalue weighted by Crippen LogP contribution is 2.37. The summed E-state index contributed by atoms with van der Waals surface area (Å²) in [5, 5.41) is 2.87. The molecule has 0 bridgehead atoms. The number of thiocarbonyl (C=S) groups is 1. The fourth-order valence-electron chi connectivity index (χ4n) is 3.88. The summed E-state index contributed by atoms with van der Waals surface area (Å²) in [7, 11) is 1.53. The van der Waals surface area contributed by atoms with Crippen molar-refractivity contribution in [1.82, 2.24) is 0 Å². The number of nitrogens with one attached hydrogen (secondary N) is 1. The van der Waals surface area contributed by atoms with Crippen LogP contribution < -0.4 is 19.7 Å². The molecule has 0 radical (unpaired) electrons. The monoisotopic (exact) mass is 532 g/mol. The molecule has 1 N–H and O–H groups in total. The molecule has 0 aliphatic carbocycles. The number of thioether (sulfide) groups is 1. The van der Waals surface area contributed by atoms with Crippen LogP contribution in [0.1, 0.15) is 27.8 Å². The fourth-order valence-corrected chi connectivity index (χ4v) is 5.18. The number of anilines is 2. The van der Waals surface area contributed by atoms with E-state index in [9.17, 15) is 9.59 Å². The average Bonchev–Trinajstić information content (AvgIpc) is 3.14. The molecule has 1 aliphatic rings. The van der Waals surface area contributed by atoms with Crippen LogP contribution in [0, 0.1) is 27.7 Å². The van der Waals surface area contributed by atoms with E-state index in [1.807, 2.05) is 70.2 Å². The second kappa shape index (κ2) is 11.2. The van der Waals surface area contributed by atoms with E-state index in [2.05, 4.69) is 5.32 Å². The third kappa shape index (κ3) is 6.03. The van der Waals surface area contributed by atoms with Gasteiger partial charge in [-0.2, -0.15) is 0 Å². The first-order chi connectivity index (χ1) is 17.7. The van der Waals surface area contributed by atoms with E-state index in [0.717, 1.165) is 39.2 Å². The average molecular weight is 533 g/mol. The first-order valence-corrected chi connectivity index (χ1v) is 12.9. The molecule has 2 amide bonds. The number of methoxy groups -OCH3 is 1. The number of aryl methyl sites for hydroxylation is 4. The van der Waals surface area contributed by atoms with Gasteiger partial charge in [0.2, 0.25) is 0 Å². The standard InChI is InChI=1S/C29H28N2O4S2/c1-17-6-10-23(20(4)12-17)30-27(32)16-35-24-11-8-21(14-25(24)34-5)15-26-28(33)31(29(36)37-26)22-9-7-18(2)19(3)13-22/h6-15H,16H2,1-5H3,(H,30,32)/b26-15-. The Morgan fingerprint density at radius 2 is 1.76 bits per heavy atom. The van der Waals surface area contributed by atoms with Gasteiger partial charge in [-0.05, 0) is 86.4 Å². The van der Waals surface area contributed by atoms with Gasteiger partial charge in [0.15, 0.2) is 22.4 Å². The topological polar surface area (TPSA) is 67.9 Å². The van der Waals surface area contributed by atoms with Crippen molar-refractivity contribution in [1.29, 1.82) is 0 Å². The number of carbonyl (C=O) groups excluding carboxylic acids is 2. The molecule has 0 saturated carbocycles. The zero-order valence-corrected chi connectivity index (χ0v) is 23.0. The van der Waals surface area contributed by atoms with Gasteiger partial charge in [-0.25, -0.2) is 0 Å². The van der Waals surface area contributed by atoms with Crippen molar-refractivity contribution in [3.8, 4) is 11.5 Å². The molecule has 1 saturated heterocycles. The van der Waals surface area contributed by atoms with E-state index < -0.39 is 0 Å². The quantitative estimate of drug-likeness (QED) is 0.282. The molecule has 0 spiro atoms. The van der Waals surface area contributed by atoms with Crippen molar-refractivity contribution in [3.63, 3.8) is 0 Å². The molecule has 1 heterocycles. The number of nitrogens with zero attached hydrogens (tertiary/aromatic N) is 1. The number of ether oxygens (including phenoxy) is 2. The first kappa shape index (κ1) is 26.4. The van der Waals surface area contributed by atoms with E-state index in [4.69, 9.17) is 21.7 Å². The number of amides is 2. The Balaban J connectivity index is 1.46. The zero-order chi connectivity index (χ0) is 26.7. The molecule has 6 nitrogen and oxygen atoms in total. The maximum Gasteiger partial charge on any atom is 0.270 e. The van der Waals surface area contributed by atoms with Gasteiger partial charge in [0.05, 0.1) is 17.7 Å². The predicted molar refractivity (Wildman–Crippen MR) is 155 cm³/mol. The van der Waals surface area contributed by atoms with Gasteiger partial charge < -0.3 is 14.8 Å². The van der Waals surface area contributed by atoms with Crippen LogP contribution in [0.15, 0.2) is 59.5 Å². The number of hydrogen-bond donors (Lipinski definition) is 1. The van der Waals surface area contributed by atoms with Crippen LogP contribution in [0.2, 0.25) is 0 Å². The molecule has 8 heteroatoms. The van der Waals surface area contributed by atoms with Gasteiger partial charge in [0, 0.05) is 5.69 Å². The van der Waals surface area contributed by atoms with Crippen LogP contribution in [-0.2, 0) is 9.59 Å². The van der Waals surface area contributed by atoms with E-state index in [0.29, 0.717) is 20.7 Å². The minimum atomic E-state index is -0.270. The van der Waals surface area contributed by atoms with E-state index in [-0.39, 0.29) is 18.4 Å². The molecule has 37 heavy (non-hydrogen) atoms. The summed E-state index contributed by atoms with van der Waals surface area (Å²) in [5.41, 5.74) is 6.63. The molecule has 4 rings (SSSR count). The zero-order valence-electron chi connectivity index (χ0n) is 21.4. The van der Waals surface area contributed by atoms with Gasteiger partial charge in [-0.1, -0.05) is 53.8 Å². The summed E-state index contributed by atoms with van der Waals surface area (Å²) < 4.78 is 11.7. The third-order valence-corrected chi connectivity index (χ3v) is 7.34. The summed E-state index contributed by atoms with van der Waals surface area (Å²) in [6.07, 6.45) is 1.78. The highest BCUT2D eigenvalue weighted by molar-refractivity contribution is 8.27. The Bertz CT molecular complexity index is 1430. The third-order valence-electron chi connectivity index (χ3n) is 6.04. The van der Waals surface area contributed by atoms with Gasteiger partial charge in [-0.15, -0.1) is 0 Å². The second-order valence-corrected chi connectivity index (χ2v) is 10.5. The smallest absolute Gasteiger partial charge is 0.270 e. The van der Waals surface area contributed by atoms with Crippen molar-refractivity contribution in [2.75, 3.05) is 23.9 Å². The Morgan fingerprint density at radius 1 is 0.973 bits per heavy atom. The van der Waals surface area contributed by atoms with Crippen LogP contribution in [0.4, 0.5) is 11.4 Å². The van der Waals surface area contributed by atoms with Crippen LogP contribution in [0.5, 0.6) is 11.5 Å². The Labute approximate surface area is 226 Å². The minimum absolute atomic E-state index is 0.166. The normalized spacial score (nSPS) is 14.3. The Hall–Kier alpha value is -3.62. The lowest BCUT2D eigenvalue weighted by Gasteiger charge is -2.16. The molecule has 0 atom stereocenters. The van der Waals surface area contributed by atoms with Crippen LogP contribution in [0.3, 0.4) is 0 Å². The van der Waals surface area contributed by atoms with E-state index in [1.54, 1.807) is 23.1 Å². The molecule has 1 fully saturated rings. The molecule has 0 aromatic heterocycles. The summed E-state index contributed by atoms with van der Waals surface area (Å²) in [5.74, 6) is 0.449. The van der Waals surface area contributed by atoms with Gasteiger partial charge in [0.1, 0.15) is 0 Å². The largest absolute Gasteiger partial charge is 0.493 e. The van der Waals surface area contributed by atoms with Crippen molar-refractivity contribution in [3.05, 3.63) is 87.3 Å². The first-order valence-electron chi connectivity index (χ1n) is 11.7. The molecule has 190 valence electrons. The summed E-state index contributed by atoms with van der Waals surface area (Å²) in [6.45, 7) is 7.82. The van der Waals surface area contributed by atoms with Gasteiger partial charge >= 0.3 is 0 Å². The SMILES string of the molecule is COc1cc(/C=C2\SC(=S)N(c3ccc(C)c(C)c3)C2=O)ccc1OCC(=O)Nc1ccc(C)cc1C. The second-order valence-electron chi connectivity index (χ2n) is 8.85. The fraction of sp³-hybridized carbons (Fsp3) is 0.207.